The molecule has 1 aliphatic heterocycles. The largest absolute Gasteiger partial charge is 0.528 e. The van der Waals surface area contributed by atoms with E-state index in [-0.39, 0.29) is 34.2 Å². The first-order valence-corrected chi connectivity index (χ1v) is 16.4. The summed E-state index contributed by atoms with van der Waals surface area (Å²) in [6.07, 6.45) is 11.6. The van der Waals surface area contributed by atoms with Crippen molar-refractivity contribution < 1.29 is 9.53 Å². The molecule has 52 heavy (non-hydrogen) atoms. The highest BCUT2D eigenvalue weighted by molar-refractivity contribution is 5.95. The summed E-state index contributed by atoms with van der Waals surface area (Å²) in [4.78, 5) is 23.1. The van der Waals surface area contributed by atoms with Crippen molar-refractivity contribution in [1.29, 1.82) is 21.2 Å². The summed E-state index contributed by atoms with van der Waals surface area (Å²) < 4.78 is 5.21. The van der Waals surface area contributed by atoms with E-state index in [9.17, 15) is 20.6 Å². The predicted octanol–water partition coefficient (Wildman–Crippen LogP) is 8.18. The van der Waals surface area contributed by atoms with Crippen LogP contribution in [0.1, 0.15) is 30.9 Å². The SMILES string of the molecule is [C-]#[N+]C([N+]#[C-])=C(/C(C#N)=C/C=C/C1=C(N2CCN(C(=O)OCC)CC2)C(=C/C=C/C(C#N)=C(/C(=C=N)C#N)c2ccccc2)/CC1)c1ccccc1. The molecular weight excluding hydrogens is 649 g/mol. The second kappa shape index (κ2) is 19.0. The van der Waals surface area contributed by atoms with E-state index in [0.717, 1.165) is 16.8 Å². The molecular formula is C42H34N8O2. The van der Waals surface area contributed by atoms with Crippen LogP contribution in [0, 0.1) is 52.5 Å². The summed E-state index contributed by atoms with van der Waals surface area (Å²) in [5.74, 6) is 1.97. The van der Waals surface area contributed by atoms with Gasteiger partial charge in [0.2, 0.25) is 0 Å². The third-order valence-electron chi connectivity index (χ3n) is 8.34. The van der Waals surface area contributed by atoms with Crippen molar-refractivity contribution in [2.75, 3.05) is 32.8 Å². The normalized spacial score (nSPS) is 15.5. The molecule has 0 radical (unpaired) electrons. The quantitative estimate of drug-likeness (QED) is 0.116. The van der Waals surface area contributed by atoms with E-state index in [1.54, 1.807) is 84.7 Å². The van der Waals surface area contributed by atoms with Crippen LogP contribution in [0.5, 0.6) is 0 Å². The smallest absolute Gasteiger partial charge is 0.450 e. The van der Waals surface area contributed by atoms with Gasteiger partial charge in [-0.05, 0) is 60.1 Å². The van der Waals surface area contributed by atoms with Crippen LogP contribution in [-0.2, 0) is 4.74 Å². The van der Waals surface area contributed by atoms with Gasteiger partial charge in [-0.3, -0.25) is 5.41 Å². The third-order valence-corrected chi connectivity index (χ3v) is 8.34. The molecule has 1 N–H and O–H groups in total. The zero-order valence-corrected chi connectivity index (χ0v) is 28.6. The molecule has 1 amide bonds. The number of hydrogen-bond donors (Lipinski definition) is 1. The molecule has 2 aliphatic rings. The second-order valence-electron chi connectivity index (χ2n) is 11.3. The van der Waals surface area contributed by atoms with E-state index >= 15 is 0 Å². The number of rotatable bonds is 10. The van der Waals surface area contributed by atoms with Crippen molar-refractivity contribution in [3.8, 4) is 18.2 Å². The molecule has 10 nitrogen and oxygen atoms in total. The lowest BCUT2D eigenvalue weighted by atomic mass is 9.94. The van der Waals surface area contributed by atoms with E-state index in [1.807, 2.05) is 30.4 Å². The summed E-state index contributed by atoms with van der Waals surface area (Å²) in [6.45, 7) is 19.2. The fourth-order valence-corrected chi connectivity index (χ4v) is 5.98. The van der Waals surface area contributed by atoms with Crippen LogP contribution >= 0.6 is 0 Å². The maximum absolute atomic E-state index is 12.4. The van der Waals surface area contributed by atoms with E-state index in [0.29, 0.717) is 62.3 Å². The molecule has 254 valence electrons. The predicted molar refractivity (Wildman–Crippen MR) is 199 cm³/mol. The zero-order valence-electron chi connectivity index (χ0n) is 28.6. The number of benzene rings is 2. The molecule has 1 heterocycles. The minimum absolute atomic E-state index is 0.0524. The summed E-state index contributed by atoms with van der Waals surface area (Å²) >= 11 is 0. The number of hydrogen-bond acceptors (Lipinski definition) is 7. The molecule has 0 aromatic heterocycles. The lowest BCUT2D eigenvalue weighted by molar-refractivity contribution is 0.0873. The average molecular weight is 683 g/mol. The van der Waals surface area contributed by atoms with Gasteiger partial charge in [-0.2, -0.15) is 25.5 Å². The average Bonchev–Trinajstić information content (AvgIpc) is 3.59. The Kier molecular flexibility index (Phi) is 13.6. The van der Waals surface area contributed by atoms with Gasteiger partial charge in [0, 0.05) is 37.4 Å². The summed E-state index contributed by atoms with van der Waals surface area (Å²) in [5, 5.41) is 37.6. The molecule has 0 atom stereocenters. The van der Waals surface area contributed by atoms with Crippen molar-refractivity contribution >= 4 is 23.1 Å². The van der Waals surface area contributed by atoms with Gasteiger partial charge >= 0.3 is 11.9 Å². The van der Waals surface area contributed by atoms with Crippen molar-refractivity contribution in [2.45, 2.75) is 19.8 Å². The number of amides is 1. The first-order chi connectivity index (χ1) is 25.4. The van der Waals surface area contributed by atoms with Crippen LogP contribution in [0.15, 0.2) is 137 Å². The van der Waals surface area contributed by atoms with Gasteiger partial charge < -0.3 is 14.5 Å². The highest BCUT2D eigenvalue weighted by Crippen LogP contribution is 2.36. The molecule has 0 spiro atoms. The molecule has 0 saturated carbocycles. The van der Waals surface area contributed by atoms with Gasteiger partial charge in [0.1, 0.15) is 24.8 Å². The first-order valence-electron chi connectivity index (χ1n) is 16.4. The highest BCUT2D eigenvalue weighted by atomic mass is 16.6. The van der Waals surface area contributed by atoms with E-state index in [2.05, 4.69) is 32.6 Å². The maximum atomic E-state index is 12.4. The van der Waals surface area contributed by atoms with Gasteiger partial charge in [0.05, 0.1) is 35.5 Å². The molecule has 2 aromatic carbocycles. The van der Waals surface area contributed by atoms with Crippen LogP contribution in [0.2, 0.25) is 0 Å². The van der Waals surface area contributed by atoms with Crippen LogP contribution in [-0.4, -0.2) is 54.5 Å². The van der Waals surface area contributed by atoms with Crippen molar-refractivity contribution in [3.05, 3.63) is 170 Å². The number of nitrogens with one attached hydrogen (secondary N) is 1. The Morgan fingerprint density at radius 3 is 2.06 bits per heavy atom. The summed E-state index contributed by atoms with van der Waals surface area (Å²) in [7, 11) is 0. The Balaban J connectivity index is 1.77. The maximum Gasteiger partial charge on any atom is 0.528 e. The van der Waals surface area contributed by atoms with Gasteiger partial charge in [-0.1, -0.05) is 85.0 Å². The molecule has 1 aliphatic carbocycles. The van der Waals surface area contributed by atoms with Crippen LogP contribution in [0.4, 0.5) is 4.79 Å². The highest BCUT2D eigenvalue weighted by Gasteiger charge is 2.28. The Hall–Kier alpha value is -7.41. The first kappa shape index (κ1) is 37.4. The monoisotopic (exact) mass is 682 g/mol. The Morgan fingerprint density at radius 1 is 0.885 bits per heavy atom. The number of ether oxygens (including phenoxy) is 1. The van der Waals surface area contributed by atoms with E-state index in [4.69, 9.17) is 23.3 Å². The minimum atomic E-state index is -0.350. The Labute approximate surface area is 304 Å². The Bertz CT molecular complexity index is 2150. The van der Waals surface area contributed by atoms with E-state index < -0.39 is 0 Å². The lowest BCUT2D eigenvalue weighted by Gasteiger charge is -2.37. The Morgan fingerprint density at radius 2 is 1.52 bits per heavy atom. The molecule has 0 unspecified atom stereocenters. The van der Waals surface area contributed by atoms with E-state index in [1.165, 1.54) is 0 Å². The number of carbonyl (C=O) groups is 1. The number of carbonyl (C=O) groups excluding carboxylic acids is 1. The van der Waals surface area contributed by atoms with Gasteiger partial charge in [0.15, 0.2) is 0 Å². The molecule has 4 rings (SSSR count). The van der Waals surface area contributed by atoms with Gasteiger partial charge in [-0.25, -0.2) is 4.79 Å². The van der Waals surface area contributed by atoms with Crippen LogP contribution in [0.25, 0.3) is 20.8 Å². The summed E-state index contributed by atoms with van der Waals surface area (Å²) in [5.41, 5.74) is 5.13. The second-order valence-corrected chi connectivity index (χ2v) is 11.3. The zero-order chi connectivity index (χ0) is 37.3. The summed E-state index contributed by atoms with van der Waals surface area (Å²) in [6, 6.07) is 24.2. The molecule has 1 saturated heterocycles. The van der Waals surface area contributed by atoms with Crippen LogP contribution in [0.3, 0.4) is 0 Å². The molecule has 2 aromatic rings. The third kappa shape index (κ3) is 8.98. The van der Waals surface area contributed by atoms with Crippen molar-refractivity contribution in [3.63, 3.8) is 0 Å². The van der Waals surface area contributed by atoms with Crippen molar-refractivity contribution in [1.82, 2.24) is 9.80 Å². The topological polar surface area (TPSA) is 137 Å². The lowest BCUT2D eigenvalue weighted by Crippen LogP contribution is -2.48. The fourth-order valence-electron chi connectivity index (χ4n) is 5.98. The number of nitriles is 3. The van der Waals surface area contributed by atoms with Crippen LogP contribution < -0.4 is 0 Å². The standard InChI is InChI=1S/C42H34N8O2/c1-4-52-42(51)50-25-23-49(24-26-50)40-33(17-11-19-35(27-43)38(37(29-45)30-46)31-13-7-5-8-14-31)21-22-34(40)18-12-20-36(28-44)39(41(47-2)48-3)32-15-9-6-10-16-32/h5-20,45H,4,21-26H2,1H3/b18-12+,19-11+,33-17+,36-20+,38-35-. The number of allylic oxidation sites excluding steroid dienone is 13. The molecule has 0 bridgehead atoms. The number of piperazine rings is 1. The molecule has 1 fully saturated rings. The number of nitrogens with zero attached hydrogens (tertiary/aromatic N) is 7. The van der Waals surface area contributed by atoms with Gasteiger partial charge in [0.25, 0.3) is 0 Å². The fraction of sp³-hybridized carbons (Fsp3) is 0.190. The van der Waals surface area contributed by atoms with Crippen molar-refractivity contribution in [2.24, 2.45) is 0 Å². The minimum Gasteiger partial charge on any atom is -0.450 e. The van der Waals surface area contributed by atoms with Gasteiger partial charge in [-0.15, -0.1) is 0 Å². The molecule has 10 heteroatoms.